The predicted molar refractivity (Wildman–Crippen MR) is 94.2 cm³/mol. The van der Waals surface area contributed by atoms with Crippen LogP contribution in [-0.4, -0.2) is 18.1 Å². The first-order valence-electron chi connectivity index (χ1n) is 7.29. The van der Waals surface area contributed by atoms with Crippen LogP contribution in [0.3, 0.4) is 0 Å². The number of hydrogen-bond donors (Lipinski definition) is 2. The number of carbonyl (C=O) groups is 2. The SMILES string of the molecule is O=C(NC(=O)c1c(F)cccc1F)Nc1ccc(/C=C(\Cl)C(F)(F)F)c(Cl)c1. The average molecular weight is 439 g/mol. The molecule has 0 heterocycles. The van der Waals surface area contributed by atoms with Crippen molar-refractivity contribution in [1.29, 1.82) is 0 Å². The molecule has 28 heavy (non-hydrogen) atoms. The van der Waals surface area contributed by atoms with Gasteiger partial charge in [0, 0.05) is 10.7 Å². The predicted octanol–water partition coefficient (Wildman–Crippen LogP) is 5.72. The monoisotopic (exact) mass is 438 g/mol. The maximum Gasteiger partial charge on any atom is 0.426 e. The van der Waals surface area contributed by atoms with E-state index in [-0.39, 0.29) is 16.3 Å². The lowest BCUT2D eigenvalue weighted by molar-refractivity contribution is -0.0836. The van der Waals surface area contributed by atoms with Gasteiger partial charge in [0.05, 0.1) is 0 Å². The fourth-order valence-electron chi connectivity index (χ4n) is 1.98. The van der Waals surface area contributed by atoms with Gasteiger partial charge in [0.1, 0.15) is 22.2 Å². The maximum absolute atomic E-state index is 13.5. The average Bonchev–Trinajstić information content (AvgIpc) is 2.56. The highest BCUT2D eigenvalue weighted by atomic mass is 35.5. The van der Waals surface area contributed by atoms with E-state index in [1.165, 1.54) is 6.07 Å². The second-order valence-electron chi connectivity index (χ2n) is 5.23. The number of imide groups is 1. The first kappa shape index (κ1) is 21.6. The summed E-state index contributed by atoms with van der Waals surface area (Å²) in [5, 5.41) is 2.30. The van der Waals surface area contributed by atoms with Crippen LogP contribution in [0.4, 0.5) is 32.4 Å². The molecule has 0 aliphatic rings. The second kappa shape index (κ2) is 8.57. The number of hydrogen-bond acceptors (Lipinski definition) is 2. The van der Waals surface area contributed by atoms with Crippen LogP contribution in [-0.2, 0) is 0 Å². The highest BCUT2D eigenvalue weighted by molar-refractivity contribution is 6.34. The normalized spacial score (nSPS) is 11.9. The van der Waals surface area contributed by atoms with Crippen LogP contribution in [0.1, 0.15) is 15.9 Å². The summed E-state index contributed by atoms with van der Waals surface area (Å²) in [6, 6.07) is 5.02. The van der Waals surface area contributed by atoms with Crippen molar-refractivity contribution in [2.45, 2.75) is 6.18 Å². The molecule has 148 valence electrons. The Morgan fingerprint density at radius 3 is 2.18 bits per heavy atom. The Labute approximate surface area is 164 Å². The Hall–Kier alpha value is -2.65. The number of alkyl halides is 3. The Morgan fingerprint density at radius 1 is 1.04 bits per heavy atom. The molecule has 4 nitrogen and oxygen atoms in total. The third-order valence-corrected chi connectivity index (χ3v) is 3.88. The first-order chi connectivity index (χ1) is 13.0. The largest absolute Gasteiger partial charge is 0.426 e. The molecule has 11 heteroatoms. The molecule has 0 saturated carbocycles. The molecule has 0 bridgehead atoms. The Balaban J connectivity index is 2.11. The Bertz CT molecular complexity index is 941. The highest BCUT2D eigenvalue weighted by Gasteiger charge is 2.32. The van der Waals surface area contributed by atoms with E-state index in [4.69, 9.17) is 23.2 Å². The Kier molecular flexibility index (Phi) is 6.63. The lowest BCUT2D eigenvalue weighted by Crippen LogP contribution is -2.35. The minimum absolute atomic E-state index is 0.00425. The lowest BCUT2D eigenvalue weighted by atomic mass is 10.2. The summed E-state index contributed by atoms with van der Waals surface area (Å²) in [5.74, 6) is -3.65. The zero-order valence-corrected chi connectivity index (χ0v) is 15.0. The van der Waals surface area contributed by atoms with Crippen LogP contribution < -0.4 is 10.6 Å². The molecule has 2 rings (SSSR count). The standard InChI is InChI=1S/C17H9Cl2F5N2O2/c18-10-7-9(5-4-8(10)6-13(19)17(22,23)24)25-16(28)26-15(27)14-11(20)2-1-3-12(14)21/h1-7H,(H2,25,26,27,28)/b13-6-. The fraction of sp³-hybridized carbons (Fsp3) is 0.0588. The zero-order valence-electron chi connectivity index (χ0n) is 13.5. The van der Waals surface area contributed by atoms with Crippen LogP contribution in [0.5, 0.6) is 0 Å². The summed E-state index contributed by atoms with van der Waals surface area (Å²) in [5.41, 5.74) is -1.01. The van der Waals surface area contributed by atoms with Crippen LogP contribution in [0, 0.1) is 11.6 Å². The minimum atomic E-state index is -4.75. The van der Waals surface area contributed by atoms with E-state index in [1.54, 1.807) is 5.32 Å². The molecule has 0 aliphatic carbocycles. The molecule has 0 unspecified atom stereocenters. The molecular formula is C17H9Cl2F5N2O2. The second-order valence-corrected chi connectivity index (χ2v) is 6.05. The van der Waals surface area contributed by atoms with Gasteiger partial charge in [0.25, 0.3) is 5.91 Å². The summed E-state index contributed by atoms with van der Waals surface area (Å²) in [6.07, 6.45) is -4.15. The molecule has 0 spiro atoms. The van der Waals surface area contributed by atoms with Gasteiger partial charge < -0.3 is 5.32 Å². The van der Waals surface area contributed by atoms with Gasteiger partial charge in [-0.2, -0.15) is 13.2 Å². The topological polar surface area (TPSA) is 58.2 Å². The van der Waals surface area contributed by atoms with Crippen molar-refractivity contribution in [2.75, 3.05) is 5.32 Å². The third-order valence-electron chi connectivity index (χ3n) is 3.23. The van der Waals surface area contributed by atoms with E-state index in [9.17, 15) is 31.5 Å². The van der Waals surface area contributed by atoms with E-state index < -0.39 is 40.3 Å². The zero-order chi connectivity index (χ0) is 21.1. The van der Waals surface area contributed by atoms with Crippen LogP contribution in [0.15, 0.2) is 41.4 Å². The van der Waals surface area contributed by atoms with Gasteiger partial charge in [-0.25, -0.2) is 13.6 Å². The van der Waals surface area contributed by atoms with E-state index in [2.05, 4.69) is 5.32 Å². The summed E-state index contributed by atoms with van der Waals surface area (Å²) in [6.45, 7) is 0. The van der Waals surface area contributed by atoms with E-state index in [1.807, 2.05) is 0 Å². The maximum atomic E-state index is 13.5. The first-order valence-corrected chi connectivity index (χ1v) is 8.05. The van der Waals surface area contributed by atoms with Gasteiger partial charge in [-0.15, -0.1) is 0 Å². The number of amides is 3. The fourth-order valence-corrected chi connectivity index (χ4v) is 2.34. The summed E-state index contributed by atoms with van der Waals surface area (Å²) in [7, 11) is 0. The number of benzene rings is 2. The van der Waals surface area contributed by atoms with Crippen molar-refractivity contribution in [3.63, 3.8) is 0 Å². The van der Waals surface area contributed by atoms with E-state index in [0.717, 1.165) is 30.3 Å². The van der Waals surface area contributed by atoms with Crippen molar-refractivity contribution < 1.29 is 31.5 Å². The van der Waals surface area contributed by atoms with Gasteiger partial charge in [-0.3, -0.25) is 10.1 Å². The molecule has 0 aromatic heterocycles. The summed E-state index contributed by atoms with van der Waals surface area (Å²) < 4.78 is 64.4. The molecule has 2 N–H and O–H groups in total. The van der Waals surface area contributed by atoms with Crippen molar-refractivity contribution in [3.8, 4) is 0 Å². The van der Waals surface area contributed by atoms with Crippen LogP contribution in [0.2, 0.25) is 5.02 Å². The quantitative estimate of drug-likeness (QED) is 0.601. The molecule has 2 aromatic carbocycles. The van der Waals surface area contributed by atoms with Gasteiger partial charge in [-0.1, -0.05) is 35.3 Å². The molecule has 0 saturated heterocycles. The molecule has 2 aromatic rings. The highest BCUT2D eigenvalue weighted by Crippen LogP contribution is 2.32. The number of urea groups is 1. The van der Waals surface area contributed by atoms with Crippen LogP contribution in [0.25, 0.3) is 6.08 Å². The molecular weight excluding hydrogens is 430 g/mol. The summed E-state index contributed by atoms with van der Waals surface area (Å²) in [4.78, 5) is 23.6. The van der Waals surface area contributed by atoms with Crippen molar-refractivity contribution >= 4 is 46.9 Å². The number of allylic oxidation sites excluding steroid dienone is 1. The molecule has 0 radical (unpaired) electrons. The van der Waals surface area contributed by atoms with E-state index in [0.29, 0.717) is 6.08 Å². The van der Waals surface area contributed by atoms with Gasteiger partial charge >= 0.3 is 12.2 Å². The van der Waals surface area contributed by atoms with Gasteiger partial charge in [-0.05, 0) is 35.9 Å². The van der Waals surface area contributed by atoms with Gasteiger partial charge in [0.15, 0.2) is 0 Å². The number of carbonyl (C=O) groups excluding carboxylic acids is 2. The minimum Gasteiger partial charge on any atom is -0.308 e. The lowest BCUT2D eigenvalue weighted by Gasteiger charge is -2.10. The van der Waals surface area contributed by atoms with Gasteiger partial charge in [0.2, 0.25) is 0 Å². The number of nitrogens with one attached hydrogen (secondary N) is 2. The molecule has 0 aliphatic heterocycles. The Morgan fingerprint density at radius 2 is 1.64 bits per heavy atom. The molecule has 0 atom stereocenters. The van der Waals surface area contributed by atoms with E-state index >= 15 is 0 Å². The smallest absolute Gasteiger partial charge is 0.308 e. The summed E-state index contributed by atoms with van der Waals surface area (Å²) >= 11 is 11.0. The third kappa shape index (κ3) is 5.43. The van der Waals surface area contributed by atoms with Crippen molar-refractivity contribution in [1.82, 2.24) is 5.32 Å². The number of halogens is 7. The number of rotatable bonds is 3. The van der Waals surface area contributed by atoms with Crippen LogP contribution >= 0.6 is 23.2 Å². The molecule has 0 fully saturated rings. The number of anilines is 1. The van der Waals surface area contributed by atoms with Crippen molar-refractivity contribution in [2.24, 2.45) is 0 Å². The van der Waals surface area contributed by atoms with Crippen molar-refractivity contribution in [3.05, 3.63) is 69.2 Å². The molecule has 3 amide bonds.